The Morgan fingerprint density at radius 2 is 1.09 bits per heavy atom. The molecule has 0 aliphatic rings. The first kappa shape index (κ1) is 41.4. The lowest BCUT2D eigenvalue weighted by Gasteiger charge is -2.26. The summed E-state index contributed by atoms with van der Waals surface area (Å²) < 4.78 is 4.50. The third kappa shape index (κ3) is 7.49. The molecule has 3 heterocycles. The van der Waals surface area contributed by atoms with E-state index in [9.17, 15) is 0 Å². The van der Waals surface area contributed by atoms with E-state index in [1.807, 2.05) is 6.08 Å². The van der Waals surface area contributed by atoms with E-state index in [2.05, 4.69) is 270 Å². The van der Waals surface area contributed by atoms with Crippen LogP contribution in [0, 0.1) is 6.92 Å². The van der Waals surface area contributed by atoms with E-state index in [1.54, 1.807) is 0 Å². The molecule has 0 unspecified atom stereocenters. The Morgan fingerprint density at radius 1 is 0.522 bits per heavy atom. The van der Waals surface area contributed by atoms with Crippen molar-refractivity contribution in [1.82, 2.24) is 14.2 Å². The normalized spacial score (nSPS) is 11.6. The molecule has 0 aliphatic heterocycles. The predicted molar refractivity (Wildman–Crippen MR) is 292 cm³/mol. The fourth-order valence-electron chi connectivity index (χ4n) is 10.2. The molecule has 69 heavy (non-hydrogen) atoms. The van der Waals surface area contributed by atoms with Crippen LogP contribution in [0.2, 0.25) is 0 Å². The van der Waals surface area contributed by atoms with Crippen molar-refractivity contribution in [3.63, 3.8) is 0 Å². The minimum atomic E-state index is 0.781. The van der Waals surface area contributed by atoms with Crippen LogP contribution in [0.5, 0.6) is 0 Å². The van der Waals surface area contributed by atoms with E-state index < -0.39 is 0 Å². The molecule has 12 rings (SSSR count). The van der Waals surface area contributed by atoms with Crippen molar-refractivity contribution in [2.24, 2.45) is 0 Å². The van der Waals surface area contributed by atoms with Crippen LogP contribution < -0.4 is 4.90 Å². The zero-order valence-corrected chi connectivity index (χ0v) is 38.4. The van der Waals surface area contributed by atoms with Crippen LogP contribution in [0.4, 0.5) is 17.1 Å². The molecule has 0 radical (unpaired) electrons. The SMILES string of the molecule is C=Cc1c(/C=C\Cc2ccc(N(c3ccc(-c4ccccc4)cc3)c3ccc(-c4nn5c(-c6cccc7ccccc67)cc6ccccc6c5c4C)cc3)cc2)n(-c2ccccc2)c2ccccc12. The van der Waals surface area contributed by atoms with Gasteiger partial charge in [0.25, 0.3) is 0 Å². The van der Waals surface area contributed by atoms with Crippen molar-refractivity contribution in [3.05, 3.63) is 266 Å². The van der Waals surface area contributed by atoms with Crippen molar-refractivity contribution in [2.75, 3.05) is 4.90 Å². The maximum Gasteiger partial charge on any atom is 0.0963 e. The zero-order chi connectivity index (χ0) is 46.3. The first-order valence-corrected chi connectivity index (χ1v) is 23.6. The van der Waals surface area contributed by atoms with Gasteiger partial charge in [-0.3, -0.25) is 0 Å². The summed E-state index contributed by atoms with van der Waals surface area (Å²) >= 11 is 0. The Hall–Kier alpha value is -8.99. The van der Waals surface area contributed by atoms with Gasteiger partial charge in [-0.25, -0.2) is 4.52 Å². The molecule has 0 saturated heterocycles. The number of nitrogens with zero attached hydrogens (tertiary/aromatic N) is 4. The Balaban J connectivity index is 0.903. The number of rotatable bonds is 11. The Bertz CT molecular complexity index is 3850. The molecule has 3 aromatic heterocycles. The lowest BCUT2D eigenvalue weighted by Crippen LogP contribution is -2.10. The maximum atomic E-state index is 5.43. The zero-order valence-electron chi connectivity index (χ0n) is 38.4. The van der Waals surface area contributed by atoms with Crippen LogP contribution in [-0.2, 0) is 6.42 Å². The monoisotopic (exact) mass is 884 g/mol. The van der Waals surface area contributed by atoms with Crippen LogP contribution in [-0.4, -0.2) is 14.2 Å². The van der Waals surface area contributed by atoms with E-state index in [0.29, 0.717) is 0 Å². The quantitative estimate of drug-likeness (QED) is 0.129. The first-order valence-electron chi connectivity index (χ1n) is 23.6. The standard InChI is InChI=1S/C65H48N4/c1-3-56-59-28-14-15-30-62(59)68(52-24-8-5-9-25-52)61(56)31-16-18-46-32-38-53(39-33-46)67(54-40-34-48(35-41-54)47-19-6-4-7-20-47)55-42-36-50(37-43-55)64-45(2)65-58-27-13-11-22-51(58)44-63(69(65)66-64)60-29-17-23-49-21-10-12-26-57(49)60/h3-17,19-44H,1,18H2,2H3/b31-16-. The highest BCUT2D eigenvalue weighted by Gasteiger charge is 2.20. The van der Waals surface area contributed by atoms with Gasteiger partial charge in [0.1, 0.15) is 0 Å². The minimum absolute atomic E-state index is 0.781. The molecule has 0 N–H and O–H groups in total. The molecule has 328 valence electrons. The molecule has 9 aromatic carbocycles. The Morgan fingerprint density at radius 3 is 1.80 bits per heavy atom. The van der Waals surface area contributed by atoms with E-state index in [-0.39, 0.29) is 0 Å². The number of allylic oxidation sites excluding steroid dienone is 1. The highest BCUT2D eigenvalue weighted by atomic mass is 15.2. The summed E-state index contributed by atoms with van der Waals surface area (Å²) in [5.41, 5.74) is 17.9. The number of fused-ring (bicyclic) bond motifs is 5. The Labute approximate surface area is 402 Å². The average molecular weight is 885 g/mol. The molecule has 0 bridgehead atoms. The van der Waals surface area contributed by atoms with E-state index >= 15 is 0 Å². The van der Waals surface area contributed by atoms with Crippen LogP contribution >= 0.6 is 0 Å². The number of aromatic nitrogens is 3. The van der Waals surface area contributed by atoms with Gasteiger partial charge in [-0.2, -0.15) is 5.10 Å². The third-order valence-corrected chi connectivity index (χ3v) is 13.5. The van der Waals surface area contributed by atoms with Gasteiger partial charge in [0.05, 0.1) is 28.1 Å². The number of benzene rings is 9. The second kappa shape index (κ2) is 17.7. The van der Waals surface area contributed by atoms with Gasteiger partial charge in [-0.05, 0) is 113 Å². The largest absolute Gasteiger partial charge is 0.311 e. The topological polar surface area (TPSA) is 25.5 Å². The molecular formula is C65H48N4. The number of anilines is 3. The number of hydrogen-bond acceptors (Lipinski definition) is 2. The van der Waals surface area contributed by atoms with Crippen LogP contribution in [0.25, 0.3) is 89.4 Å². The van der Waals surface area contributed by atoms with Gasteiger partial charge in [-0.15, -0.1) is 0 Å². The average Bonchev–Trinajstić information content (AvgIpc) is 3.94. The molecule has 0 aliphatic carbocycles. The summed E-state index contributed by atoms with van der Waals surface area (Å²) in [4.78, 5) is 2.34. The van der Waals surface area contributed by atoms with Gasteiger partial charge >= 0.3 is 0 Å². The third-order valence-electron chi connectivity index (χ3n) is 13.5. The van der Waals surface area contributed by atoms with Gasteiger partial charge in [-0.1, -0.05) is 189 Å². The van der Waals surface area contributed by atoms with E-state index in [1.165, 1.54) is 49.1 Å². The highest BCUT2D eigenvalue weighted by Crippen LogP contribution is 2.40. The van der Waals surface area contributed by atoms with E-state index in [0.717, 1.165) is 74.0 Å². The lowest BCUT2D eigenvalue weighted by molar-refractivity contribution is 0.981. The summed E-state index contributed by atoms with van der Waals surface area (Å²) in [6.07, 6.45) is 7.28. The molecule has 0 fully saturated rings. The molecule has 0 spiro atoms. The summed E-state index contributed by atoms with van der Waals surface area (Å²) in [5.74, 6) is 0. The molecule has 4 nitrogen and oxygen atoms in total. The number of pyridine rings is 1. The number of hydrogen-bond donors (Lipinski definition) is 0. The fourth-order valence-corrected chi connectivity index (χ4v) is 10.2. The van der Waals surface area contributed by atoms with Gasteiger partial charge in [0.2, 0.25) is 0 Å². The van der Waals surface area contributed by atoms with Crippen LogP contribution in [0.15, 0.2) is 243 Å². The van der Waals surface area contributed by atoms with E-state index in [4.69, 9.17) is 5.10 Å². The van der Waals surface area contributed by atoms with Crippen molar-refractivity contribution >= 4 is 67.2 Å². The maximum absolute atomic E-state index is 5.43. The van der Waals surface area contributed by atoms with Crippen molar-refractivity contribution in [3.8, 4) is 39.3 Å². The molecule has 12 aromatic rings. The van der Waals surface area contributed by atoms with Gasteiger partial charge in [0, 0.05) is 55.8 Å². The minimum Gasteiger partial charge on any atom is -0.311 e. The molecular weight excluding hydrogens is 837 g/mol. The predicted octanol–water partition coefficient (Wildman–Crippen LogP) is 17.3. The highest BCUT2D eigenvalue weighted by molar-refractivity contribution is 6.04. The van der Waals surface area contributed by atoms with Crippen molar-refractivity contribution in [1.29, 1.82) is 0 Å². The summed E-state index contributed by atoms with van der Waals surface area (Å²) in [6, 6.07) is 82.6. The van der Waals surface area contributed by atoms with Gasteiger partial charge < -0.3 is 9.47 Å². The second-order valence-corrected chi connectivity index (χ2v) is 17.6. The molecule has 0 saturated carbocycles. The molecule has 4 heteroatoms. The smallest absolute Gasteiger partial charge is 0.0963 e. The van der Waals surface area contributed by atoms with Crippen molar-refractivity contribution < 1.29 is 0 Å². The second-order valence-electron chi connectivity index (χ2n) is 17.6. The Kier molecular flexibility index (Phi) is 10.6. The first-order chi connectivity index (χ1) is 34.1. The molecule has 0 atom stereocenters. The number of aryl methyl sites for hydroxylation is 1. The fraction of sp³-hybridized carbons (Fsp3) is 0.0308. The van der Waals surface area contributed by atoms with Crippen molar-refractivity contribution in [2.45, 2.75) is 13.3 Å². The molecule has 0 amide bonds. The summed E-state index contributed by atoms with van der Waals surface area (Å²) in [6.45, 7) is 6.43. The summed E-state index contributed by atoms with van der Waals surface area (Å²) in [7, 11) is 0. The summed E-state index contributed by atoms with van der Waals surface area (Å²) in [5, 5.41) is 11.4. The lowest BCUT2D eigenvalue weighted by atomic mass is 9.99. The van der Waals surface area contributed by atoms with Gasteiger partial charge in [0.15, 0.2) is 0 Å². The van der Waals surface area contributed by atoms with Crippen LogP contribution in [0.3, 0.4) is 0 Å². The number of para-hydroxylation sites is 2. The van der Waals surface area contributed by atoms with Crippen LogP contribution in [0.1, 0.15) is 22.4 Å².